The van der Waals surface area contributed by atoms with Crippen molar-refractivity contribution in [3.05, 3.63) is 143 Å². The minimum Gasteiger partial charge on any atom is -0.366 e. The van der Waals surface area contributed by atoms with Gasteiger partial charge < -0.3 is 23.8 Å². The minimum atomic E-state index is -3.66. The van der Waals surface area contributed by atoms with Crippen LogP contribution in [0.5, 0.6) is 0 Å². The van der Waals surface area contributed by atoms with Crippen LogP contribution < -0.4 is 11.0 Å². The standard InChI is InChI=1S/C37H46N3O6P/c1-6-7-24-38-35-23-25-40(36(41)39-35)26-34(43-28-47(42,45-29(2)3)46-30(4)5)27-44-37(31-17-11-8-12-18-31,32-19-13-9-14-20-32)33-21-15-10-16-22-33/h6-23,25,29-30,34H,24,26-28H2,1-5H3,(H,38,39,41)/b7-6+/t34-/m0/s1. The number of rotatable bonds is 18. The van der Waals surface area contributed by atoms with Gasteiger partial charge in [0.25, 0.3) is 0 Å². The third kappa shape index (κ3) is 10.1. The van der Waals surface area contributed by atoms with Crippen LogP contribution in [0.3, 0.4) is 0 Å². The molecule has 1 N–H and O–H groups in total. The van der Waals surface area contributed by atoms with E-state index < -0.39 is 25.0 Å². The van der Waals surface area contributed by atoms with Crippen LogP contribution in [0.25, 0.3) is 0 Å². The van der Waals surface area contributed by atoms with Crippen LogP contribution in [0.15, 0.2) is 120 Å². The summed E-state index contributed by atoms with van der Waals surface area (Å²) in [4.78, 5) is 17.4. The number of nitrogens with one attached hydrogen (secondary N) is 1. The van der Waals surface area contributed by atoms with Crippen molar-refractivity contribution >= 4 is 13.4 Å². The molecule has 3 aromatic carbocycles. The summed E-state index contributed by atoms with van der Waals surface area (Å²) in [5.41, 5.74) is 1.28. The maximum absolute atomic E-state index is 13.8. The normalized spacial score (nSPS) is 13.0. The van der Waals surface area contributed by atoms with Gasteiger partial charge in [0, 0.05) is 12.7 Å². The van der Waals surface area contributed by atoms with Gasteiger partial charge in [-0.2, -0.15) is 4.98 Å². The number of aromatic nitrogens is 2. The van der Waals surface area contributed by atoms with Gasteiger partial charge in [-0.1, -0.05) is 103 Å². The molecule has 0 aliphatic heterocycles. The summed E-state index contributed by atoms with van der Waals surface area (Å²) in [6, 6.07) is 31.7. The summed E-state index contributed by atoms with van der Waals surface area (Å²) in [5.74, 6) is 0.467. The summed E-state index contributed by atoms with van der Waals surface area (Å²) in [6.07, 6.45) is 3.75. The number of hydrogen-bond acceptors (Lipinski definition) is 8. The van der Waals surface area contributed by atoms with Gasteiger partial charge in [0.1, 0.15) is 17.8 Å². The molecule has 9 nitrogen and oxygen atoms in total. The second-order valence-corrected chi connectivity index (χ2v) is 13.5. The summed E-state index contributed by atoms with van der Waals surface area (Å²) >= 11 is 0. The van der Waals surface area contributed by atoms with E-state index in [-0.39, 0.29) is 31.7 Å². The first-order valence-electron chi connectivity index (χ1n) is 16.0. The third-order valence-electron chi connectivity index (χ3n) is 7.15. The fraction of sp³-hybridized carbons (Fsp3) is 0.351. The van der Waals surface area contributed by atoms with Crippen molar-refractivity contribution in [2.45, 2.75) is 65.1 Å². The average molecular weight is 660 g/mol. The first kappa shape index (κ1) is 36.0. The average Bonchev–Trinajstić information content (AvgIpc) is 3.05. The number of benzene rings is 3. The number of ether oxygens (including phenoxy) is 2. The van der Waals surface area contributed by atoms with Gasteiger partial charge in [0.2, 0.25) is 0 Å². The minimum absolute atomic E-state index is 0.0236. The largest absolute Gasteiger partial charge is 0.366 e. The molecule has 47 heavy (non-hydrogen) atoms. The number of nitrogens with zero attached hydrogens (tertiary/aromatic N) is 2. The van der Waals surface area contributed by atoms with E-state index in [0.29, 0.717) is 12.4 Å². The predicted molar refractivity (Wildman–Crippen MR) is 187 cm³/mol. The molecule has 0 fully saturated rings. The van der Waals surface area contributed by atoms with Gasteiger partial charge in [-0.25, -0.2) is 4.79 Å². The second kappa shape index (κ2) is 17.3. The third-order valence-corrected chi connectivity index (χ3v) is 9.10. The monoisotopic (exact) mass is 659 g/mol. The zero-order valence-electron chi connectivity index (χ0n) is 27.8. The Kier molecular flexibility index (Phi) is 13.3. The number of anilines is 1. The van der Waals surface area contributed by atoms with E-state index in [4.69, 9.17) is 18.5 Å². The number of allylic oxidation sites excluding steroid dienone is 1. The Bertz CT molecular complexity index is 1530. The predicted octanol–water partition coefficient (Wildman–Crippen LogP) is 7.63. The highest BCUT2D eigenvalue weighted by Gasteiger charge is 2.39. The molecule has 0 aliphatic carbocycles. The maximum Gasteiger partial charge on any atom is 0.356 e. The van der Waals surface area contributed by atoms with E-state index >= 15 is 0 Å². The molecule has 250 valence electrons. The highest BCUT2D eigenvalue weighted by molar-refractivity contribution is 7.53. The number of hydrogen-bond donors (Lipinski definition) is 1. The van der Waals surface area contributed by atoms with Crippen molar-refractivity contribution in [1.29, 1.82) is 0 Å². The molecule has 4 rings (SSSR count). The van der Waals surface area contributed by atoms with Crippen LogP contribution in [0.4, 0.5) is 5.82 Å². The second-order valence-electron chi connectivity index (χ2n) is 11.6. The van der Waals surface area contributed by atoms with Crippen molar-refractivity contribution in [3.8, 4) is 0 Å². The molecule has 0 bridgehead atoms. The van der Waals surface area contributed by atoms with Gasteiger partial charge in [0.15, 0.2) is 0 Å². The topological polar surface area (TPSA) is 101 Å². The quantitative estimate of drug-likeness (QED) is 0.0662. The fourth-order valence-electron chi connectivity index (χ4n) is 5.23. The lowest BCUT2D eigenvalue weighted by atomic mass is 9.80. The van der Waals surface area contributed by atoms with Crippen molar-refractivity contribution in [3.63, 3.8) is 0 Å². The molecular weight excluding hydrogens is 613 g/mol. The first-order valence-corrected chi connectivity index (χ1v) is 17.7. The van der Waals surface area contributed by atoms with E-state index in [2.05, 4.69) is 10.3 Å². The fourth-order valence-corrected chi connectivity index (χ4v) is 7.08. The Morgan fingerprint density at radius 2 is 1.34 bits per heavy atom. The molecule has 0 aliphatic rings. The Morgan fingerprint density at radius 1 is 0.830 bits per heavy atom. The maximum atomic E-state index is 13.8. The lowest BCUT2D eigenvalue weighted by molar-refractivity contribution is -0.0648. The summed E-state index contributed by atoms with van der Waals surface area (Å²) < 4.78 is 40.1. The zero-order valence-corrected chi connectivity index (χ0v) is 28.7. The molecule has 0 amide bonds. The highest BCUT2D eigenvalue weighted by Crippen LogP contribution is 2.51. The lowest BCUT2D eigenvalue weighted by Gasteiger charge is -2.37. The molecule has 0 saturated heterocycles. The van der Waals surface area contributed by atoms with Gasteiger partial charge >= 0.3 is 13.3 Å². The van der Waals surface area contributed by atoms with E-state index in [1.165, 1.54) is 4.57 Å². The SMILES string of the molecule is C/C=C/CNc1ccn(C[C@@H](COC(c2ccccc2)(c2ccccc2)c2ccccc2)OCP(=O)(OC(C)C)OC(C)C)c(=O)n1. The molecule has 4 aromatic rings. The Balaban J connectivity index is 1.73. The van der Waals surface area contributed by atoms with E-state index in [1.54, 1.807) is 40.0 Å². The van der Waals surface area contributed by atoms with E-state index in [9.17, 15) is 9.36 Å². The molecule has 0 radical (unpaired) electrons. The van der Waals surface area contributed by atoms with Gasteiger partial charge in [0.05, 0.1) is 31.5 Å². The van der Waals surface area contributed by atoms with Gasteiger partial charge in [-0.3, -0.25) is 9.13 Å². The van der Waals surface area contributed by atoms with Gasteiger partial charge in [-0.15, -0.1) is 0 Å². The zero-order chi connectivity index (χ0) is 33.7. The molecular formula is C37H46N3O6P. The molecule has 0 spiro atoms. The molecule has 1 heterocycles. The Labute approximate surface area is 278 Å². The van der Waals surface area contributed by atoms with Crippen LogP contribution in [0, 0.1) is 0 Å². The first-order chi connectivity index (χ1) is 22.6. The van der Waals surface area contributed by atoms with Gasteiger partial charge in [-0.05, 0) is 57.4 Å². The molecule has 1 aromatic heterocycles. The summed E-state index contributed by atoms with van der Waals surface area (Å²) in [7, 11) is -3.66. The van der Waals surface area contributed by atoms with E-state index in [1.807, 2.05) is 110 Å². The smallest absolute Gasteiger partial charge is 0.356 e. The summed E-state index contributed by atoms with van der Waals surface area (Å²) in [5, 5.41) is 3.11. The van der Waals surface area contributed by atoms with Crippen LogP contribution in [0.2, 0.25) is 0 Å². The van der Waals surface area contributed by atoms with Crippen molar-refractivity contribution < 1.29 is 23.1 Å². The van der Waals surface area contributed by atoms with Crippen LogP contribution >= 0.6 is 7.60 Å². The lowest BCUT2D eigenvalue weighted by Crippen LogP contribution is -2.39. The molecule has 1 atom stereocenters. The highest BCUT2D eigenvalue weighted by atomic mass is 31.2. The Morgan fingerprint density at radius 3 is 1.79 bits per heavy atom. The van der Waals surface area contributed by atoms with Crippen LogP contribution in [0.1, 0.15) is 51.3 Å². The van der Waals surface area contributed by atoms with Crippen molar-refractivity contribution in [1.82, 2.24) is 9.55 Å². The molecule has 0 saturated carbocycles. The molecule has 10 heteroatoms. The van der Waals surface area contributed by atoms with Crippen molar-refractivity contribution in [2.24, 2.45) is 0 Å². The van der Waals surface area contributed by atoms with Crippen molar-refractivity contribution in [2.75, 3.05) is 24.8 Å². The molecule has 0 unspecified atom stereocenters. The summed E-state index contributed by atoms with van der Waals surface area (Å²) in [6.45, 7) is 9.76. The van der Waals surface area contributed by atoms with E-state index in [0.717, 1.165) is 16.7 Å². The Hall–Kier alpha value is -3.85. The van der Waals surface area contributed by atoms with Crippen LogP contribution in [-0.2, 0) is 35.2 Å². The van der Waals surface area contributed by atoms with Crippen LogP contribution in [-0.4, -0.2) is 47.4 Å².